The monoisotopic (exact) mass is 705 g/mol. The highest BCUT2D eigenvalue weighted by molar-refractivity contribution is 7.92. The van der Waals surface area contributed by atoms with Crippen molar-refractivity contribution >= 4 is 50.7 Å². The molecule has 1 aliphatic rings. The maximum atomic E-state index is 14.7. The lowest BCUT2D eigenvalue weighted by Crippen LogP contribution is -2.54. The van der Waals surface area contributed by atoms with Crippen LogP contribution in [0.2, 0.25) is 10.0 Å². The van der Waals surface area contributed by atoms with E-state index >= 15 is 0 Å². The Hall–Kier alpha value is -3.85. The molecule has 2 amide bonds. The van der Waals surface area contributed by atoms with Gasteiger partial charge in [0.2, 0.25) is 11.8 Å². The molecule has 0 radical (unpaired) electrons. The lowest BCUT2D eigenvalue weighted by molar-refractivity contribution is -0.140. The number of hydrogen-bond donors (Lipinski definition) is 1. The van der Waals surface area contributed by atoms with E-state index in [1.54, 1.807) is 48.5 Å². The van der Waals surface area contributed by atoms with E-state index in [0.29, 0.717) is 21.3 Å². The van der Waals surface area contributed by atoms with Crippen LogP contribution in [0, 0.1) is 0 Å². The summed E-state index contributed by atoms with van der Waals surface area (Å²) >= 11 is 12.6. The summed E-state index contributed by atoms with van der Waals surface area (Å²) in [5, 5.41) is 3.87. The molecule has 0 heterocycles. The third kappa shape index (κ3) is 8.78. The number of halogens is 2. The molecule has 7 nitrogen and oxygen atoms in total. The molecule has 1 saturated carbocycles. The van der Waals surface area contributed by atoms with Crippen molar-refractivity contribution in [3.63, 3.8) is 0 Å². The predicted octanol–water partition coefficient (Wildman–Crippen LogP) is 8.01. The number of nitrogens with one attached hydrogen (secondary N) is 1. The van der Waals surface area contributed by atoms with E-state index in [2.05, 4.69) is 19.2 Å². The average molecular weight is 707 g/mol. The first-order chi connectivity index (χ1) is 23.0. The summed E-state index contributed by atoms with van der Waals surface area (Å²) in [6, 6.07) is 28.9. The maximum absolute atomic E-state index is 14.7. The van der Waals surface area contributed by atoms with E-state index in [0.717, 1.165) is 41.1 Å². The van der Waals surface area contributed by atoms with Crippen LogP contribution in [0.4, 0.5) is 5.69 Å². The summed E-state index contributed by atoms with van der Waals surface area (Å²) < 4.78 is 29.6. The Morgan fingerprint density at radius 2 is 1.44 bits per heavy atom. The van der Waals surface area contributed by atoms with Gasteiger partial charge >= 0.3 is 0 Å². The first-order valence-electron chi connectivity index (χ1n) is 16.3. The van der Waals surface area contributed by atoms with Crippen molar-refractivity contribution in [2.75, 3.05) is 10.8 Å². The predicted molar refractivity (Wildman–Crippen MR) is 193 cm³/mol. The largest absolute Gasteiger partial charge is 0.352 e. The SMILES string of the molecule is CC(C)c1ccc(N(CC(=O)N(Cc2ccc(Cl)c(Cl)c2)C(Cc2ccccc2)C(=O)NC2CCCC2)S(=O)(=O)c2ccccc2)cc1. The molecule has 0 spiro atoms. The van der Waals surface area contributed by atoms with E-state index in [4.69, 9.17) is 23.2 Å². The van der Waals surface area contributed by atoms with Gasteiger partial charge in [-0.3, -0.25) is 13.9 Å². The van der Waals surface area contributed by atoms with Crippen molar-refractivity contribution in [3.05, 3.63) is 130 Å². The zero-order valence-corrected chi connectivity index (χ0v) is 29.5. The van der Waals surface area contributed by atoms with Gasteiger partial charge < -0.3 is 10.2 Å². The Bertz CT molecular complexity index is 1800. The van der Waals surface area contributed by atoms with Gasteiger partial charge in [0, 0.05) is 19.0 Å². The first-order valence-corrected chi connectivity index (χ1v) is 18.5. The van der Waals surface area contributed by atoms with Gasteiger partial charge in [0.05, 0.1) is 20.6 Å². The van der Waals surface area contributed by atoms with Gasteiger partial charge in [-0.1, -0.05) is 117 Å². The third-order valence-corrected chi connectivity index (χ3v) is 11.3. The van der Waals surface area contributed by atoms with Crippen LogP contribution < -0.4 is 9.62 Å². The molecule has 1 atom stereocenters. The standard InChI is InChI=1S/C38H41Cl2N3O4S/c1-27(2)30-18-20-32(21-19-30)43(48(46,47)33-15-7-4-8-16-33)26-37(44)42(25-29-17-22-34(39)35(40)23-29)36(24-28-11-5-3-6-12-28)38(45)41-31-13-9-10-14-31/h3-8,11-12,15-23,27,31,36H,9-10,13-14,24-26H2,1-2H3,(H,41,45). The summed E-state index contributed by atoms with van der Waals surface area (Å²) in [6.07, 6.45) is 4.05. The molecule has 0 bridgehead atoms. The molecule has 252 valence electrons. The zero-order valence-electron chi connectivity index (χ0n) is 27.2. The fourth-order valence-electron chi connectivity index (χ4n) is 6.03. The van der Waals surface area contributed by atoms with Gasteiger partial charge in [-0.15, -0.1) is 0 Å². The molecule has 0 aromatic heterocycles. The van der Waals surface area contributed by atoms with E-state index in [1.165, 1.54) is 17.0 Å². The molecule has 5 rings (SSSR count). The van der Waals surface area contributed by atoms with E-state index < -0.39 is 28.5 Å². The summed E-state index contributed by atoms with van der Waals surface area (Å²) in [6.45, 7) is 3.60. The molecule has 10 heteroatoms. The Balaban J connectivity index is 1.57. The number of amides is 2. The molecule has 0 aliphatic heterocycles. The molecular weight excluding hydrogens is 665 g/mol. The summed E-state index contributed by atoms with van der Waals surface area (Å²) in [4.78, 5) is 30.4. The lowest BCUT2D eigenvalue weighted by atomic mass is 10.0. The summed E-state index contributed by atoms with van der Waals surface area (Å²) in [5.41, 5.74) is 2.91. The fraction of sp³-hybridized carbons (Fsp3) is 0.316. The molecule has 4 aromatic rings. The van der Waals surface area contributed by atoms with Crippen LogP contribution in [0.25, 0.3) is 0 Å². The lowest BCUT2D eigenvalue weighted by Gasteiger charge is -2.34. The minimum absolute atomic E-state index is 0.0107. The van der Waals surface area contributed by atoms with E-state index in [-0.39, 0.29) is 35.7 Å². The molecule has 1 unspecified atom stereocenters. The normalized spacial score (nSPS) is 14.1. The highest BCUT2D eigenvalue weighted by Gasteiger charge is 2.35. The number of nitrogens with zero attached hydrogens (tertiary/aromatic N) is 2. The average Bonchev–Trinajstić information content (AvgIpc) is 3.60. The number of carbonyl (C=O) groups excluding carboxylic acids is 2. The van der Waals surface area contributed by atoms with E-state index in [9.17, 15) is 18.0 Å². The molecule has 0 saturated heterocycles. The van der Waals surface area contributed by atoms with Crippen molar-refractivity contribution in [2.45, 2.75) is 75.4 Å². The Kier molecular flexibility index (Phi) is 11.8. The second kappa shape index (κ2) is 16.0. The van der Waals surface area contributed by atoms with Crippen LogP contribution in [-0.4, -0.2) is 43.8 Å². The molecular formula is C38H41Cl2N3O4S. The summed E-state index contributed by atoms with van der Waals surface area (Å²) in [5.74, 6) is -0.576. The highest BCUT2D eigenvalue weighted by atomic mass is 35.5. The van der Waals surface area contributed by atoms with Gasteiger partial charge in [0.1, 0.15) is 12.6 Å². The number of benzene rings is 4. The zero-order chi connectivity index (χ0) is 34.3. The van der Waals surface area contributed by atoms with Crippen molar-refractivity contribution < 1.29 is 18.0 Å². The highest BCUT2D eigenvalue weighted by Crippen LogP contribution is 2.28. The minimum Gasteiger partial charge on any atom is -0.352 e. The van der Waals surface area contributed by atoms with Crippen LogP contribution in [0.3, 0.4) is 0 Å². The molecule has 1 aliphatic carbocycles. The topological polar surface area (TPSA) is 86.8 Å². The van der Waals surface area contributed by atoms with E-state index in [1.807, 2.05) is 42.5 Å². The first kappa shape index (κ1) is 35.5. The van der Waals surface area contributed by atoms with Gasteiger partial charge in [0.15, 0.2) is 0 Å². The third-order valence-electron chi connectivity index (χ3n) is 8.77. The quantitative estimate of drug-likeness (QED) is 0.153. The Morgan fingerprint density at radius 1 is 0.812 bits per heavy atom. The van der Waals surface area contributed by atoms with Crippen molar-refractivity contribution in [3.8, 4) is 0 Å². The Labute approximate surface area is 293 Å². The number of rotatable bonds is 13. The second-order valence-electron chi connectivity index (χ2n) is 12.5. The minimum atomic E-state index is -4.18. The van der Waals surface area contributed by atoms with Crippen molar-refractivity contribution in [1.29, 1.82) is 0 Å². The smallest absolute Gasteiger partial charge is 0.264 e. The summed E-state index contributed by atoms with van der Waals surface area (Å²) in [7, 11) is -4.18. The molecule has 4 aromatic carbocycles. The Morgan fingerprint density at radius 3 is 2.04 bits per heavy atom. The van der Waals surface area contributed by atoms with Crippen LogP contribution in [0.15, 0.2) is 108 Å². The number of carbonyl (C=O) groups is 2. The fourth-order valence-corrected chi connectivity index (χ4v) is 7.79. The number of hydrogen-bond acceptors (Lipinski definition) is 4. The maximum Gasteiger partial charge on any atom is 0.264 e. The van der Waals surface area contributed by atoms with Crippen LogP contribution >= 0.6 is 23.2 Å². The molecule has 1 fully saturated rings. The van der Waals surface area contributed by atoms with Crippen molar-refractivity contribution in [1.82, 2.24) is 10.2 Å². The number of sulfonamides is 1. The van der Waals surface area contributed by atoms with Crippen LogP contribution in [0.1, 0.15) is 62.1 Å². The van der Waals surface area contributed by atoms with Gasteiger partial charge in [-0.25, -0.2) is 8.42 Å². The molecule has 48 heavy (non-hydrogen) atoms. The van der Waals surface area contributed by atoms with Gasteiger partial charge in [-0.2, -0.15) is 0 Å². The van der Waals surface area contributed by atoms with Crippen LogP contribution in [-0.2, 0) is 32.6 Å². The van der Waals surface area contributed by atoms with Crippen molar-refractivity contribution in [2.24, 2.45) is 0 Å². The second-order valence-corrected chi connectivity index (χ2v) is 15.2. The number of anilines is 1. The molecule has 1 N–H and O–H groups in total. The van der Waals surface area contributed by atoms with Gasteiger partial charge in [0.25, 0.3) is 10.0 Å². The van der Waals surface area contributed by atoms with Crippen LogP contribution in [0.5, 0.6) is 0 Å². The van der Waals surface area contributed by atoms with Gasteiger partial charge in [-0.05, 0) is 71.8 Å².